The lowest BCUT2D eigenvalue weighted by Gasteiger charge is -2.05. The van der Waals surface area contributed by atoms with Crippen LogP contribution in [0.2, 0.25) is 0 Å². The zero-order chi connectivity index (χ0) is 18.3. The Morgan fingerprint density at radius 3 is 2.28 bits per heavy atom. The number of carbonyl (C=O) groups excluding carboxylic acids is 1. The third-order valence-electron chi connectivity index (χ3n) is 4.13. The number of carbonyl (C=O) groups is 1. The second-order valence-corrected chi connectivity index (χ2v) is 5.67. The first kappa shape index (κ1) is 16.7. The van der Waals surface area contributed by atoms with Crippen LogP contribution in [0.4, 0.5) is 0 Å². The Bertz CT molecular complexity index is 1090. The molecule has 3 rings (SSSR count). The fourth-order valence-electron chi connectivity index (χ4n) is 2.75. The highest BCUT2D eigenvalue weighted by molar-refractivity contribution is 5.90. The fraction of sp³-hybridized carbons (Fsp3) is 0.294. The molecule has 2 aromatic heterocycles. The van der Waals surface area contributed by atoms with E-state index in [1.807, 2.05) is 0 Å². The first-order chi connectivity index (χ1) is 11.9. The average Bonchev–Trinajstić information content (AvgIpc) is 2.96. The molecule has 0 atom stereocenters. The van der Waals surface area contributed by atoms with E-state index in [9.17, 15) is 14.4 Å². The van der Waals surface area contributed by atoms with Gasteiger partial charge in [-0.05, 0) is 19.1 Å². The molecule has 0 fully saturated rings. The maximum Gasteiger partial charge on any atom is 0.338 e. The van der Waals surface area contributed by atoms with E-state index < -0.39 is 17.2 Å². The zero-order valence-electron chi connectivity index (χ0n) is 14.4. The molecule has 0 aliphatic carbocycles. The summed E-state index contributed by atoms with van der Waals surface area (Å²) in [6.07, 6.45) is 0. The van der Waals surface area contributed by atoms with Crippen LogP contribution in [0, 0.1) is 0 Å². The van der Waals surface area contributed by atoms with Gasteiger partial charge in [0.15, 0.2) is 11.2 Å². The molecule has 0 radical (unpaired) electrons. The van der Waals surface area contributed by atoms with E-state index in [0.29, 0.717) is 29.2 Å². The lowest BCUT2D eigenvalue weighted by Crippen LogP contribution is -2.37. The standard InChI is InChI=1S/C17H18N4O4/c1-5-25-16(23)11-8-6-10(7-9-11)13-18-14-12(19(13)2)15(22)21(4)17(24)20(14)3/h6-9H,5H2,1-4H3. The third-order valence-corrected chi connectivity index (χ3v) is 4.13. The van der Waals surface area contributed by atoms with Crippen LogP contribution >= 0.6 is 0 Å². The van der Waals surface area contributed by atoms with Crippen molar-refractivity contribution in [2.75, 3.05) is 6.61 Å². The number of aryl methyl sites for hydroxylation is 2. The smallest absolute Gasteiger partial charge is 0.338 e. The topological polar surface area (TPSA) is 88.1 Å². The summed E-state index contributed by atoms with van der Waals surface area (Å²) in [5, 5.41) is 0. The maximum atomic E-state index is 12.4. The third kappa shape index (κ3) is 2.55. The number of imidazole rings is 1. The van der Waals surface area contributed by atoms with E-state index in [-0.39, 0.29) is 0 Å². The van der Waals surface area contributed by atoms with Gasteiger partial charge in [-0.15, -0.1) is 0 Å². The molecule has 0 saturated carbocycles. The van der Waals surface area contributed by atoms with Crippen molar-refractivity contribution >= 4 is 17.1 Å². The van der Waals surface area contributed by atoms with Crippen LogP contribution in [0.3, 0.4) is 0 Å². The first-order valence-electron chi connectivity index (χ1n) is 7.76. The highest BCUT2D eigenvalue weighted by atomic mass is 16.5. The molecular weight excluding hydrogens is 324 g/mol. The molecule has 130 valence electrons. The quantitative estimate of drug-likeness (QED) is 0.658. The highest BCUT2D eigenvalue weighted by Gasteiger charge is 2.18. The van der Waals surface area contributed by atoms with Crippen molar-refractivity contribution in [2.45, 2.75) is 6.92 Å². The van der Waals surface area contributed by atoms with Crippen molar-refractivity contribution in [3.8, 4) is 11.4 Å². The molecule has 0 aliphatic rings. The summed E-state index contributed by atoms with van der Waals surface area (Å²) in [6, 6.07) is 6.75. The normalized spacial score (nSPS) is 11.0. The molecule has 0 saturated heterocycles. The van der Waals surface area contributed by atoms with Crippen LogP contribution in [0.5, 0.6) is 0 Å². The second kappa shape index (κ2) is 6.04. The van der Waals surface area contributed by atoms with Crippen LogP contribution in [0.1, 0.15) is 17.3 Å². The van der Waals surface area contributed by atoms with Crippen molar-refractivity contribution in [3.63, 3.8) is 0 Å². The van der Waals surface area contributed by atoms with E-state index in [2.05, 4.69) is 4.98 Å². The summed E-state index contributed by atoms with van der Waals surface area (Å²) in [6.45, 7) is 2.05. The summed E-state index contributed by atoms with van der Waals surface area (Å²) in [7, 11) is 4.73. The number of ether oxygens (including phenoxy) is 1. The van der Waals surface area contributed by atoms with Crippen LogP contribution < -0.4 is 11.2 Å². The minimum atomic E-state index is -0.431. The van der Waals surface area contributed by atoms with E-state index in [1.165, 1.54) is 11.6 Å². The maximum absolute atomic E-state index is 12.4. The fourth-order valence-corrected chi connectivity index (χ4v) is 2.75. The van der Waals surface area contributed by atoms with Crippen molar-refractivity contribution in [1.29, 1.82) is 0 Å². The minimum Gasteiger partial charge on any atom is -0.462 e. The Labute approximate surface area is 142 Å². The number of esters is 1. The second-order valence-electron chi connectivity index (χ2n) is 5.67. The summed E-state index contributed by atoms with van der Waals surface area (Å²) < 4.78 is 9.00. The van der Waals surface area contributed by atoms with Crippen LogP contribution in [0.15, 0.2) is 33.9 Å². The number of aromatic nitrogens is 4. The lowest BCUT2D eigenvalue weighted by atomic mass is 10.1. The summed E-state index contributed by atoms with van der Waals surface area (Å²) in [5.41, 5.74) is 0.991. The Kier molecular flexibility index (Phi) is 4.03. The van der Waals surface area contributed by atoms with Gasteiger partial charge in [0.25, 0.3) is 5.56 Å². The molecular formula is C17H18N4O4. The predicted octanol–water partition coefficient (Wildman–Crippen LogP) is 0.814. The number of hydrogen-bond acceptors (Lipinski definition) is 5. The number of rotatable bonds is 3. The SMILES string of the molecule is CCOC(=O)c1ccc(-c2nc3c(c(=O)n(C)c(=O)n3C)n2C)cc1. The lowest BCUT2D eigenvalue weighted by molar-refractivity contribution is 0.0526. The molecule has 0 aliphatic heterocycles. The molecule has 3 aromatic rings. The minimum absolute atomic E-state index is 0.308. The molecule has 1 aromatic carbocycles. The van der Waals surface area contributed by atoms with Crippen LogP contribution in [0.25, 0.3) is 22.6 Å². The number of fused-ring (bicyclic) bond motifs is 1. The number of nitrogens with zero attached hydrogens (tertiary/aromatic N) is 4. The zero-order valence-corrected chi connectivity index (χ0v) is 14.4. The molecule has 0 amide bonds. The average molecular weight is 342 g/mol. The molecule has 0 bridgehead atoms. The summed E-state index contributed by atoms with van der Waals surface area (Å²) in [5.74, 6) is 0.138. The highest BCUT2D eigenvalue weighted by Crippen LogP contribution is 2.21. The van der Waals surface area contributed by atoms with Crippen molar-refractivity contribution in [1.82, 2.24) is 18.7 Å². The van der Waals surface area contributed by atoms with E-state index in [4.69, 9.17) is 4.74 Å². The van der Waals surface area contributed by atoms with Crippen LogP contribution in [-0.2, 0) is 25.9 Å². The van der Waals surface area contributed by atoms with E-state index in [1.54, 1.807) is 49.9 Å². The van der Waals surface area contributed by atoms with Gasteiger partial charge < -0.3 is 9.30 Å². The van der Waals surface area contributed by atoms with Gasteiger partial charge in [0.05, 0.1) is 12.2 Å². The van der Waals surface area contributed by atoms with E-state index in [0.717, 1.165) is 10.1 Å². The van der Waals surface area contributed by atoms with Gasteiger partial charge in [-0.2, -0.15) is 0 Å². The molecule has 0 unspecified atom stereocenters. The first-order valence-corrected chi connectivity index (χ1v) is 7.76. The molecule has 25 heavy (non-hydrogen) atoms. The van der Waals surface area contributed by atoms with Crippen molar-refractivity contribution in [2.24, 2.45) is 21.1 Å². The predicted molar refractivity (Wildman–Crippen MR) is 92.6 cm³/mol. The van der Waals surface area contributed by atoms with Crippen molar-refractivity contribution < 1.29 is 9.53 Å². The Morgan fingerprint density at radius 2 is 1.68 bits per heavy atom. The molecule has 0 N–H and O–H groups in total. The van der Waals surface area contributed by atoms with Gasteiger partial charge in [0.1, 0.15) is 5.82 Å². The molecule has 2 heterocycles. The summed E-state index contributed by atoms with van der Waals surface area (Å²) in [4.78, 5) is 40.7. The van der Waals surface area contributed by atoms with Gasteiger partial charge >= 0.3 is 11.7 Å². The Morgan fingerprint density at radius 1 is 1.04 bits per heavy atom. The largest absolute Gasteiger partial charge is 0.462 e. The van der Waals surface area contributed by atoms with Gasteiger partial charge in [-0.1, -0.05) is 12.1 Å². The number of benzene rings is 1. The monoisotopic (exact) mass is 342 g/mol. The summed E-state index contributed by atoms with van der Waals surface area (Å²) >= 11 is 0. The number of hydrogen-bond donors (Lipinski definition) is 0. The van der Waals surface area contributed by atoms with Crippen LogP contribution in [-0.4, -0.2) is 31.3 Å². The van der Waals surface area contributed by atoms with Crippen molar-refractivity contribution in [3.05, 3.63) is 50.7 Å². The Balaban J connectivity index is 2.17. The van der Waals surface area contributed by atoms with Gasteiger partial charge in [0.2, 0.25) is 0 Å². The van der Waals surface area contributed by atoms with Gasteiger partial charge in [-0.25, -0.2) is 14.6 Å². The molecule has 0 spiro atoms. The molecule has 8 heteroatoms. The Hall–Kier alpha value is -3.16. The van der Waals surface area contributed by atoms with Gasteiger partial charge in [-0.3, -0.25) is 13.9 Å². The molecule has 8 nitrogen and oxygen atoms in total. The van der Waals surface area contributed by atoms with E-state index >= 15 is 0 Å². The van der Waals surface area contributed by atoms with Gasteiger partial charge in [0, 0.05) is 26.7 Å².